The summed E-state index contributed by atoms with van der Waals surface area (Å²) in [5.41, 5.74) is 1.10. The first kappa shape index (κ1) is 12.3. The summed E-state index contributed by atoms with van der Waals surface area (Å²) in [6.45, 7) is 5.49. The van der Waals surface area contributed by atoms with E-state index < -0.39 is 0 Å². The van der Waals surface area contributed by atoms with E-state index in [2.05, 4.69) is 30.8 Å². The van der Waals surface area contributed by atoms with Crippen molar-refractivity contribution in [2.75, 3.05) is 18.5 Å². The number of halogens is 1. The zero-order valence-corrected chi connectivity index (χ0v) is 10.5. The van der Waals surface area contributed by atoms with E-state index in [1.54, 1.807) is 0 Å². The van der Waals surface area contributed by atoms with Crippen LogP contribution in [0.1, 0.15) is 25.8 Å². The van der Waals surface area contributed by atoms with Gasteiger partial charge in [-0.25, -0.2) is 4.98 Å². The SMILES string of the molecule is CC(C)CCN(C)c1ncccc1CCl. The van der Waals surface area contributed by atoms with E-state index in [-0.39, 0.29) is 0 Å². The van der Waals surface area contributed by atoms with Gasteiger partial charge in [-0.15, -0.1) is 11.6 Å². The molecule has 1 aromatic rings. The fourth-order valence-electron chi connectivity index (χ4n) is 1.44. The lowest BCUT2D eigenvalue weighted by atomic mass is 10.1. The van der Waals surface area contributed by atoms with Gasteiger partial charge in [0.2, 0.25) is 0 Å². The van der Waals surface area contributed by atoms with Gasteiger partial charge in [0.15, 0.2) is 0 Å². The molecule has 0 aliphatic carbocycles. The number of pyridine rings is 1. The van der Waals surface area contributed by atoms with E-state index in [0.717, 1.165) is 23.8 Å². The summed E-state index contributed by atoms with van der Waals surface area (Å²) in [6, 6.07) is 3.96. The fourth-order valence-corrected chi connectivity index (χ4v) is 1.64. The first-order valence-corrected chi connectivity index (χ1v) is 5.89. The first-order valence-electron chi connectivity index (χ1n) is 5.36. The van der Waals surface area contributed by atoms with Crippen LogP contribution in [-0.2, 0) is 5.88 Å². The van der Waals surface area contributed by atoms with E-state index in [9.17, 15) is 0 Å². The standard InChI is InChI=1S/C12H19ClN2/c1-10(2)6-8-15(3)12-11(9-13)5-4-7-14-12/h4-5,7,10H,6,8-9H2,1-3H3. The van der Waals surface area contributed by atoms with Gasteiger partial charge in [0, 0.05) is 25.4 Å². The summed E-state index contributed by atoms with van der Waals surface area (Å²) in [5, 5.41) is 0. The van der Waals surface area contributed by atoms with Crippen LogP contribution in [0.5, 0.6) is 0 Å². The predicted octanol–water partition coefficient (Wildman–Crippen LogP) is 3.30. The van der Waals surface area contributed by atoms with Gasteiger partial charge >= 0.3 is 0 Å². The summed E-state index contributed by atoms with van der Waals surface area (Å²) in [5.74, 6) is 2.25. The van der Waals surface area contributed by atoms with Gasteiger partial charge in [0.25, 0.3) is 0 Å². The molecule has 1 rings (SSSR count). The summed E-state index contributed by atoms with van der Waals surface area (Å²) in [7, 11) is 2.07. The number of rotatable bonds is 5. The van der Waals surface area contributed by atoms with E-state index in [4.69, 9.17) is 11.6 Å². The van der Waals surface area contributed by atoms with Crippen LogP contribution in [0.4, 0.5) is 5.82 Å². The lowest BCUT2D eigenvalue weighted by Gasteiger charge is -2.21. The lowest BCUT2D eigenvalue weighted by Crippen LogP contribution is -2.22. The van der Waals surface area contributed by atoms with Crippen LogP contribution in [0.25, 0.3) is 0 Å². The Morgan fingerprint density at radius 3 is 2.80 bits per heavy atom. The van der Waals surface area contributed by atoms with Crippen LogP contribution >= 0.6 is 11.6 Å². The molecule has 15 heavy (non-hydrogen) atoms. The van der Waals surface area contributed by atoms with Gasteiger partial charge in [0.05, 0.1) is 5.88 Å². The molecule has 0 N–H and O–H groups in total. The highest BCUT2D eigenvalue weighted by atomic mass is 35.5. The monoisotopic (exact) mass is 226 g/mol. The number of nitrogens with zero attached hydrogens (tertiary/aromatic N) is 2. The molecule has 0 atom stereocenters. The van der Waals surface area contributed by atoms with Crippen molar-refractivity contribution in [2.45, 2.75) is 26.1 Å². The minimum absolute atomic E-state index is 0.523. The van der Waals surface area contributed by atoms with Crippen LogP contribution in [0, 0.1) is 5.92 Å². The molecule has 0 amide bonds. The summed E-state index contributed by atoms with van der Waals surface area (Å²) in [4.78, 5) is 6.55. The Morgan fingerprint density at radius 1 is 1.47 bits per heavy atom. The third-order valence-corrected chi connectivity index (χ3v) is 2.70. The average molecular weight is 227 g/mol. The second-order valence-electron chi connectivity index (χ2n) is 4.22. The van der Waals surface area contributed by atoms with Crippen LogP contribution < -0.4 is 4.90 Å². The van der Waals surface area contributed by atoms with Crippen molar-refractivity contribution in [2.24, 2.45) is 5.92 Å². The quantitative estimate of drug-likeness (QED) is 0.717. The minimum Gasteiger partial charge on any atom is -0.359 e. The van der Waals surface area contributed by atoms with Crippen molar-refractivity contribution in [3.8, 4) is 0 Å². The van der Waals surface area contributed by atoms with E-state index in [0.29, 0.717) is 5.88 Å². The Bertz CT molecular complexity index is 299. The zero-order chi connectivity index (χ0) is 11.3. The molecule has 0 saturated carbocycles. The van der Waals surface area contributed by atoms with Crippen LogP contribution in [0.3, 0.4) is 0 Å². The average Bonchev–Trinajstić information content (AvgIpc) is 2.25. The Labute approximate surface area is 97.3 Å². The topological polar surface area (TPSA) is 16.1 Å². The third-order valence-electron chi connectivity index (χ3n) is 2.41. The van der Waals surface area contributed by atoms with Crippen molar-refractivity contribution < 1.29 is 0 Å². The molecule has 0 saturated heterocycles. The highest BCUT2D eigenvalue weighted by Crippen LogP contribution is 2.18. The summed E-state index contributed by atoms with van der Waals surface area (Å²) in [6.07, 6.45) is 2.99. The van der Waals surface area contributed by atoms with Gasteiger partial charge < -0.3 is 4.90 Å². The normalized spacial score (nSPS) is 10.7. The van der Waals surface area contributed by atoms with Gasteiger partial charge in [-0.05, 0) is 18.4 Å². The Morgan fingerprint density at radius 2 is 2.20 bits per heavy atom. The molecule has 1 aromatic heterocycles. The maximum Gasteiger partial charge on any atom is 0.132 e. The first-order chi connectivity index (χ1) is 7.15. The molecule has 0 aliphatic rings. The Hall–Kier alpha value is -0.760. The number of aromatic nitrogens is 1. The second-order valence-corrected chi connectivity index (χ2v) is 4.49. The number of anilines is 1. The van der Waals surface area contributed by atoms with Gasteiger partial charge in [0.1, 0.15) is 5.82 Å². The van der Waals surface area contributed by atoms with Crippen LogP contribution in [-0.4, -0.2) is 18.6 Å². The molecule has 84 valence electrons. The highest BCUT2D eigenvalue weighted by molar-refractivity contribution is 6.17. The molecule has 0 unspecified atom stereocenters. The molecule has 0 radical (unpaired) electrons. The van der Waals surface area contributed by atoms with Crippen molar-refractivity contribution in [1.82, 2.24) is 4.98 Å². The molecule has 3 heteroatoms. The van der Waals surface area contributed by atoms with Crippen molar-refractivity contribution >= 4 is 17.4 Å². The highest BCUT2D eigenvalue weighted by Gasteiger charge is 2.07. The molecule has 0 aromatic carbocycles. The molecular formula is C12H19ClN2. The lowest BCUT2D eigenvalue weighted by molar-refractivity contribution is 0.583. The Balaban J connectivity index is 2.68. The van der Waals surface area contributed by atoms with Crippen molar-refractivity contribution in [1.29, 1.82) is 0 Å². The Kier molecular flexibility index (Phi) is 4.89. The van der Waals surface area contributed by atoms with E-state index in [1.165, 1.54) is 6.42 Å². The maximum atomic E-state index is 5.87. The number of hydrogen-bond acceptors (Lipinski definition) is 2. The molecule has 0 spiro atoms. The largest absolute Gasteiger partial charge is 0.359 e. The smallest absolute Gasteiger partial charge is 0.132 e. The fraction of sp³-hybridized carbons (Fsp3) is 0.583. The van der Waals surface area contributed by atoms with Crippen molar-refractivity contribution in [3.05, 3.63) is 23.9 Å². The second kappa shape index (κ2) is 5.96. The molecule has 0 aliphatic heterocycles. The van der Waals surface area contributed by atoms with E-state index >= 15 is 0 Å². The van der Waals surface area contributed by atoms with Gasteiger partial charge in [-0.1, -0.05) is 19.9 Å². The summed E-state index contributed by atoms with van der Waals surface area (Å²) >= 11 is 5.87. The van der Waals surface area contributed by atoms with Gasteiger partial charge in [-0.2, -0.15) is 0 Å². The third kappa shape index (κ3) is 3.71. The van der Waals surface area contributed by atoms with Gasteiger partial charge in [-0.3, -0.25) is 0 Å². The molecule has 0 bridgehead atoms. The maximum absolute atomic E-state index is 5.87. The molecule has 2 nitrogen and oxygen atoms in total. The predicted molar refractivity (Wildman–Crippen MR) is 66.5 cm³/mol. The molecular weight excluding hydrogens is 208 g/mol. The van der Waals surface area contributed by atoms with Crippen molar-refractivity contribution in [3.63, 3.8) is 0 Å². The van der Waals surface area contributed by atoms with Crippen LogP contribution in [0.2, 0.25) is 0 Å². The molecule has 0 fully saturated rings. The number of alkyl halides is 1. The summed E-state index contributed by atoms with van der Waals surface area (Å²) < 4.78 is 0. The molecule has 1 heterocycles. The van der Waals surface area contributed by atoms with E-state index in [1.807, 2.05) is 18.3 Å². The van der Waals surface area contributed by atoms with Crippen LogP contribution in [0.15, 0.2) is 18.3 Å². The zero-order valence-electron chi connectivity index (χ0n) is 9.70. The number of hydrogen-bond donors (Lipinski definition) is 0. The minimum atomic E-state index is 0.523.